The molecule has 0 amide bonds. The van der Waals surface area contributed by atoms with Gasteiger partial charge in [0, 0.05) is 12.6 Å². The second-order valence-electron chi connectivity index (χ2n) is 5.39. The van der Waals surface area contributed by atoms with Crippen molar-refractivity contribution in [2.45, 2.75) is 38.1 Å². The molecule has 1 aliphatic carbocycles. The van der Waals surface area contributed by atoms with E-state index in [2.05, 4.69) is 10.6 Å². The van der Waals surface area contributed by atoms with Crippen LogP contribution in [0.15, 0.2) is 0 Å². The minimum absolute atomic E-state index is 0.157. The molecule has 2 fully saturated rings. The minimum atomic E-state index is -2.77. The molecule has 1 heterocycles. The lowest BCUT2D eigenvalue weighted by Crippen LogP contribution is -2.46. The van der Waals surface area contributed by atoms with Gasteiger partial charge in [-0.2, -0.15) is 0 Å². The fourth-order valence-corrected chi connectivity index (χ4v) is 4.03. The smallest absolute Gasteiger partial charge is 0.153 e. The summed E-state index contributed by atoms with van der Waals surface area (Å²) < 4.78 is 22.9. The Hall–Kier alpha value is -0.130. The minimum Gasteiger partial charge on any atom is -0.317 e. The lowest BCUT2D eigenvalue weighted by Gasteiger charge is -2.26. The zero-order valence-corrected chi connectivity index (χ0v) is 11.3. The van der Waals surface area contributed by atoms with E-state index in [4.69, 9.17) is 0 Å². The van der Waals surface area contributed by atoms with E-state index in [1.807, 2.05) is 0 Å². The van der Waals surface area contributed by atoms with Crippen molar-refractivity contribution < 1.29 is 8.42 Å². The molecule has 0 radical (unpaired) electrons. The summed E-state index contributed by atoms with van der Waals surface area (Å²) in [6.45, 7) is 2.64. The molecule has 1 atom stereocenters. The Kier molecular flexibility index (Phi) is 4.82. The fraction of sp³-hybridized carbons (Fsp3) is 1.00. The first-order valence-corrected chi connectivity index (χ1v) is 8.62. The Morgan fingerprint density at radius 2 is 1.94 bits per heavy atom. The summed E-state index contributed by atoms with van der Waals surface area (Å²) >= 11 is 0. The Balaban J connectivity index is 1.52. The first-order valence-electron chi connectivity index (χ1n) is 6.80. The van der Waals surface area contributed by atoms with E-state index in [0.29, 0.717) is 18.1 Å². The highest BCUT2D eigenvalue weighted by atomic mass is 32.2. The number of hydrogen-bond acceptors (Lipinski definition) is 4. The first kappa shape index (κ1) is 13.3. The molecular weight excluding hydrogens is 236 g/mol. The summed E-state index contributed by atoms with van der Waals surface area (Å²) in [7, 11) is -2.77. The van der Waals surface area contributed by atoms with Crippen molar-refractivity contribution in [3.63, 3.8) is 0 Å². The molecule has 2 aliphatic rings. The maximum atomic E-state index is 11.4. The van der Waals surface area contributed by atoms with Crippen LogP contribution in [0.5, 0.6) is 0 Å². The first-order chi connectivity index (χ1) is 8.16. The quantitative estimate of drug-likeness (QED) is 0.685. The van der Waals surface area contributed by atoms with Gasteiger partial charge >= 0.3 is 0 Å². The molecule has 0 aromatic carbocycles. The van der Waals surface area contributed by atoms with Crippen LogP contribution in [-0.2, 0) is 9.84 Å². The fourth-order valence-electron chi connectivity index (χ4n) is 2.54. The van der Waals surface area contributed by atoms with Crippen LogP contribution in [0, 0.1) is 5.92 Å². The van der Waals surface area contributed by atoms with Gasteiger partial charge in [0.2, 0.25) is 0 Å². The normalized spacial score (nSPS) is 28.8. The maximum absolute atomic E-state index is 11.4. The van der Waals surface area contributed by atoms with Crippen LogP contribution < -0.4 is 10.6 Å². The van der Waals surface area contributed by atoms with Crippen molar-refractivity contribution in [2.75, 3.05) is 31.1 Å². The standard InChI is InChI=1S/C12H24N2O2S/c15-17(16)9-8-14-12(10-17)5-7-13-6-4-11-2-1-3-11/h11-14H,1-10H2. The zero-order chi connectivity index (χ0) is 12.1. The van der Waals surface area contributed by atoms with Crippen molar-refractivity contribution >= 4 is 9.84 Å². The van der Waals surface area contributed by atoms with E-state index >= 15 is 0 Å². The third-order valence-corrected chi connectivity index (χ3v) is 5.66. The highest BCUT2D eigenvalue weighted by Gasteiger charge is 2.23. The molecule has 5 heteroatoms. The number of hydrogen-bond donors (Lipinski definition) is 2. The van der Waals surface area contributed by atoms with Gasteiger partial charge in [0.25, 0.3) is 0 Å². The predicted molar refractivity (Wildman–Crippen MR) is 69.9 cm³/mol. The summed E-state index contributed by atoms with van der Waals surface area (Å²) in [6.07, 6.45) is 6.43. The Labute approximate surface area is 104 Å². The molecule has 1 saturated carbocycles. The van der Waals surface area contributed by atoms with Crippen molar-refractivity contribution in [2.24, 2.45) is 5.92 Å². The molecular formula is C12H24N2O2S. The molecule has 0 spiro atoms. The Morgan fingerprint density at radius 1 is 1.18 bits per heavy atom. The lowest BCUT2D eigenvalue weighted by molar-refractivity contribution is 0.291. The third-order valence-electron chi connectivity index (χ3n) is 3.92. The molecule has 1 unspecified atom stereocenters. The Morgan fingerprint density at radius 3 is 2.59 bits per heavy atom. The third kappa shape index (κ3) is 4.56. The van der Waals surface area contributed by atoms with E-state index < -0.39 is 9.84 Å². The van der Waals surface area contributed by atoms with Crippen molar-refractivity contribution in [3.8, 4) is 0 Å². The summed E-state index contributed by atoms with van der Waals surface area (Å²) in [6, 6.07) is 0.157. The molecule has 2 N–H and O–H groups in total. The zero-order valence-electron chi connectivity index (χ0n) is 10.5. The highest BCUT2D eigenvalue weighted by molar-refractivity contribution is 7.91. The van der Waals surface area contributed by atoms with Gasteiger partial charge in [0.05, 0.1) is 11.5 Å². The second-order valence-corrected chi connectivity index (χ2v) is 7.62. The average molecular weight is 260 g/mol. The summed E-state index contributed by atoms with van der Waals surface area (Å²) in [5, 5.41) is 6.70. The highest BCUT2D eigenvalue weighted by Crippen LogP contribution is 2.28. The van der Waals surface area contributed by atoms with Gasteiger partial charge in [0.15, 0.2) is 9.84 Å². The second kappa shape index (κ2) is 6.16. The van der Waals surface area contributed by atoms with Gasteiger partial charge in [-0.1, -0.05) is 19.3 Å². The summed E-state index contributed by atoms with van der Waals surface area (Å²) in [5.74, 6) is 1.58. The van der Waals surface area contributed by atoms with Crippen LogP contribution in [0.1, 0.15) is 32.1 Å². The van der Waals surface area contributed by atoms with Gasteiger partial charge in [-0.05, 0) is 31.8 Å². The number of nitrogens with one attached hydrogen (secondary N) is 2. The van der Waals surface area contributed by atoms with E-state index in [1.54, 1.807) is 0 Å². The summed E-state index contributed by atoms with van der Waals surface area (Å²) in [4.78, 5) is 0. The molecule has 1 aliphatic heterocycles. The molecule has 0 aromatic rings. The van der Waals surface area contributed by atoms with Gasteiger partial charge in [-0.15, -0.1) is 0 Å². The number of sulfone groups is 1. The van der Waals surface area contributed by atoms with E-state index in [-0.39, 0.29) is 6.04 Å². The largest absolute Gasteiger partial charge is 0.317 e. The molecule has 100 valence electrons. The lowest BCUT2D eigenvalue weighted by atomic mass is 9.83. The average Bonchev–Trinajstić information content (AvgIpc) is 2.19. The molecule has 0 aromatic heterocycles. The van der Waals surface area contributed by atoms with E-state index in [1.165, 1.54) is 25.7 Å². The monoisotopic (exact) mass is 260 g/mol. The molecule has 1 saturated heterocycles. The predicted octanol–water partition coefficient (Wildman–Crippen LogP) is 0.543. The topological polar surface area (TPSA) is 58.2 Å². The van der Waals surface area contributed by atoms with Crippen molar-refractivity contribution in [1.82, 2.24) is 10.6 Å². The molecule has 2 rings (SSSR count). The van der Waals surface area contributed by atoms with Gasteiger partial charge < -0.3 is 10.6 Å². The van der Waals surface area contributed by atoms with Crippen LogP contribution in [0.2, 0.25) is 0 Å². The van der Waals surface area contributed by atoms with E-state index in [9.17, 15) is 8.42 Å². The van der Waals surface area contributed by atoms with Gasteiger partial charge in [-0.3, -0.25) is 0 Å². The van der Waals surface area contributed by atoms with Crippen molar-refractivity contribution in [1.29, 1.82) is 0 Å². The SMILES string of the molecule is O=S1(=O)CCNC(CCNCCC2CCC2)C1. The molecule has 0 bridgehead atoms. The van der Waals surface area contributed by atoms with Crippen LogP contribution >= 0.6 is 0 Å². The van der Waals surface area contributed by atoms with E-state index in [0.717, 1.165) is 25.4 Å². The van der Waals surface area contributed by atoms with Gasteiger partial charge in [0.1, 0.15) is 0 Å². The molecule has 17 heavy (non-hydrogen) atoms. The van der Waals surface area contributed by atoms with Crippen molar-refractivity contribution in [3.05, 3.63) is 0 Å². The maximum Gasteiger partial charge on any atom is 0.153 e. The molecule has 4 nitrogen and oxygen atoms in total. The van der Waals surface area contributed by atoms with Crippen LogP contribution in [0.25, 0.3) is 0 Å². The van der Waals surface area contributed by atoms with Crippen LogP contribution in [0.3, 0.4) is 0 Å². The number of rotatable bonds is 6. The van der Waals surface area contributed by atoms with Crippen LogP contribution in [0.4, 0.5) is 0 Å². The summed E-state index contributed by atoms with van der Waals surface area (Å²) in [5.41, 5.74) is 0. The Bertz CT molecular complexity index is 325. The van der Waals surface area contributed by atoms with Crippen LogP contribution in [-0.4, -0.2) is 45.6 Å². The van der Waals surface area contributed by atoms with Gasteiger partial charge in [-0.25, -0.2) is 8.42 Å².